The number of para-hydroxylation sites is 3. The fourth-order valence-electron chi connectivity index (χ4n) is 2.21. The van der Waals surface area contributed by atoms with E-state index in [1.807, 2.05) is 91.0 Å². The maximum Gasteiger partial charge on any atom is 0.530 e. The minimum absolute atomic E-state index is 0.169. The van der Waals surface area contributed by atoms with Crippen molar-refractivity contribution in [3.63, 3.8) is 0 Å². The van der Waals surface area contributed by atoms with Gasteiger partial charge in [-0.2, -0.15) is 0 Å². The SMILES string of the molecule is Oc1ccc(O)cc1.c1ccc(OP(Oc2ccccc2)Oc2ccccc2)cc1. The number of benzene rings is 4. The number of phenolic OH excluding ortho intramolecular Hbond substituents is 2. The maximum atomic E-state index is 8.65. The summed E-state index contributed by atoms with van der Waals surface area (Å²) >= 11 is 0. The first-order chi connectivity index (χ1) is 14.7. The number of phenols is 2. The summed E-state index contributed by atoms with van der Waals surface area (Å²) in [4.78, 5) is 0. The van der Waals surface area contributed by atoms with Gasteiger partial charge in [-0.05, 0) is 60.7 Å². The minimum Gasteiger partial charge on any atom is -0.508 e. The van der Waals surface area contributed by atoms with Gasteiger partial charge in [0.25, 0.3) is 0 Å². The number of hydrogen-bond acceptors (Lipinski definition) is 5. The summed E-state index contributed by atoms with van der Waals surface area (Å²) in [6.07, 6.45) is 0. The van der Waals surface area contributed by atoms with Crippen LogP contribution in [0.2, 0.25) is 0 Å². The fraction of sp³-hybridized carbons (Fsp3) is 0. The van der Waals surface area contributed by atoms with Crippen LogP contribution in [0.25, 0.3) is 0 Å². The molecule has 0 unspecified atom stereocenters. The number of hydrogen-bond donors (Lipinski definition) is 2. The second-order valence-electron chi connectivity index (χ2n) is 5.95. The second-order valence-corrected chi connectivity index (χ2v) is 6.95. The van der Waals surface area contributed by atoms with Crippen molar-refractivity contribution in [2.24, 2.45) is 0 Å². The Hall–Kier alpha value is -3.69. The molecule has 0 saturated heterocycles. The molecule has 0 radical (unpaired) electrons. The molecule has 6 heteroatoms. The Balaban J connectivity index is 0.000000269. The highest BCUT2D eigenvalue weighted by atomic mass is 31.2. The third kappa shape index (κ3) is 7.38. The van der Waals surface area contributed by atoms with Gasteiger partial charge in [0, 0.05) is 0 Å². The number of rotatable bonds is 6. The molecule has 0 amide bonds. The van der Waals surface area contributed by atoms with Crippen molar-refractivity contribution in [3.05, 3.63) is 115 Å². The van der Waals surface area contributed by atoms with Gasteiger partial charge in [-0.3, -0.25) is 0 Å². The van der Waals surface area contributed by atoms with Crippen molar-refractivity contribution >= 4 is 8.60 Å². The summed E-state index contributed by atoms with van der Waals surface area (Å²) in [5.74, 6) is 2.46. The summed E-state index contributed by atoms with van der Waals surface area (Å²) in [6, 6.07) is 34.2. The van der Waals surface area contributed by atoms with Crippen LogP contribution in [0.4, 0.5) is 0 Å². The highest BCUT2D eigenvalue weighted by Gasteiger charge is 2.19. The Labute approximate surface area is 176 Å². The van der Waals surface area contributed by atoms with E-state index in [-0.39, 0.29) is 11.5 Å². The largest absolute Gasteiger partial charge is 0.530 e. The Morgan fingerprint density at radius 3 is 0.933 bits per heavy atom. The van der Waals surface area contributed by atoms with E-state index in [1.165, 1.54) is 24.3 Å². The average Bonchev–Trinajstić information content (AvgIpc) is 2.78. The molecule has 30 heavy (non-hydrogen) atoms. The molecule has 0 fully saturated rings. The van der Waals surface area contributed by atoms with Crippen LogP contribution in [0, 0.1) is 0 Å². The first-order valence-electron chi connectivity index (χ1n) is 9.16. The van der Waals surface area contributed by atoms with Crippen LogP contribution in [-0.4, -0.2) is 10.2 Å². The van der Waals surface area contributed by atoms with E-state index in [0.717, 1.165) is 0 Å². The lowest BCUT2D eigenvalue weighted by atomic mass is 10.3. The van der Waals surface area contributed by atoms with Gasteiger partial charge in [-0.25, -0.2) is 0 Å². The molecule has 0 aliphatic rings. The van der Waals surface area contributed by atoms with E-state index in [1.54, 1.807) is 0 Å². The molecule has 0 bridgehead atoms. The zero-order chi connectivity index (χ0) is 21.0. The summed E-state index contributed by atoms with van der Waals surface area (Å²) in [7, 11) is -1.59. The molecular formula is C24H21O5P. The van der Waals surface area contributed by atoms with Crippen molar-refractivity contribution in [1.29, 1.82) is 0 Å². The Kier molecular flexibility index (Phi) is 7.95. The molecule has 4 aromatic rings. The standard InChI is InChI=1S/C18H15O3P.C6H6O2/c1-4-10-16(11-5-1)19-22(20-17-12-6-2-7-13-17)21-18-14-8-3-9-15-18;7-5-1-2-6(8)4-3-5/h1-15H;1-4,7-8H. The fourth-order valence-corrected chi connectivity index (χ4v) is 3.20. The molecule has 0 heterocycles. The second kappa shape index (κ2) is 11.3. The lowest BCUT2D eigenvalue weighted by Gasteiger charge is -2.17. The van der Waals surface area contributed by atoms with Gasteiger partial charge in [0.2, 0.25) is 0 Å². The summed E-state index contributed by atoms with van der Waals surface area (Å²) in [6.45, 7) is 0. The van der Waals surface area contributed by atoms with Crippen LogP contribution >= 0.6 is 8.60 Å². The first-order valence-corrected chi connectivity index (χ1v) is 10.3. The normalized spacial score (nSPS) is 9.90. The Morgan fingerprint density at radius 2 is 0.667 bits per heavy atom. The van der Waals surface area contributed by atoms with E-state index in [9.17, 15) is 0 Å². The highest BCUT2D eigenvalue weighted by Crippen LogP contribution is 2.41. The van der Waals surface area contributed by atoms with Crippen LogP contribution in [0.5, 0.6) is 28.7 Å². The molecule has 4 rings (SSSR count). The molecule has 0 aliphatic carbocycles. The maximum absolute atomic E-state index is 8.65. The lowest BCUT2D eigenvalue weighted by Crippen LogP contribution is -2.02. The monoisotopic (exact) mass is 420 g/mol. The highest BCUT2D eigenvalue weighted by molar-refractivity contribution is 7.43. The van der Waals surface area contributed by atoms with Crippen molar-refractivity contribution in [2.75, 3.05) is 0 Å². The van der Waals surface area contributed by atoms with Crippen molar-refractivity contribution in [3.8, 4) is 28.7 Å². The summed E-state index contributed by atoms with van der Waals surface area (Å²) in [5.41, 5.74) is 0. The van der Waals surface area contributed by atoms with Gasteiger partial charge >= 0.3 is 8.60 Å². The quantitative estimate of drug-likeness (QED) is 0.274. The summed E-state index contributed by atoms with van der Waals surface area (Å²) < 4.78 is 17.5. The molecule has 2 N–H and O–H groups in total. The van der Waals surface area contributed by atoms with Gasteiger partial charge in [0.15, 0.2) is 0 Å². The molecule has 0 spiro atoms. The Morgan fingerprint density at radius 1 is 0.400 bits per heavy atom. The zero-order valence-electron chi connectivity index (χ0n) is 16.0. The topological polar surface area (TPSA) is 68.2 Å². The van der Waals surface area contributed by atoms with Crippen LogP contribution in [0.1, 0.15) is 0 Å². The average molecular weight is 420 g/mol. The molecule has 0 saturated carbocycles. The van der Waals surface area contributed by atoms with E-state index >= 15 is 0 Å². The van der Waals surface area contributed by atoms with Gasteiger partial charge in [0.05, 0.1) is 0 Å². The zero-order valence-corrected chi connectivity index (χ0v) is 16.9. The van der Waals surface area contributed by atoms with Gasteiger partial charge in [0.1, 0.15) is 28.7 Å². The van der Waals surface area contributed by atoms with Gasteiger partial charge in [-0.1, -0.05) is 54.6 Å². The van der Waals surface area contributed by atoms with Crippen molar-refractivity contribution < 1.29 is 23.8 Å². The van der Waals surface area contributed by atoms with E-state index in [0.29, 0.717) is 17.2 Å². The number of aromatic hydroxyl groups is 2. The van der Waals surface area contributed by atoms with Crippen molar-refractivity contribution in [1.82, 2.24) is 0 Å². The lowest BCUT2D eigenvalue weighted by molar-refractivity contribution is 0.388. The van der Waals surface area contributed by atoms with Crippen LogP contribution in [-0.2, 0) is 0 Å². The predicted octanol–water partition coefficient (Wildman–Crippen LogP) is 6.55. The van der Waals surface area contributed by atoms with Crippen LogP contribution in [0.15, 0.2) is 115 Å². The molecule has 152 valence electrons. The molecule has 5 nitrogen and oxygen atoms in total. The van der Waals surface area contributed by atoms with Crippen LogP contribution in [0.3, 0.4) is 0 Å². The first kappa shape index (κ1) is 21.0. The minimum atomic E-state index is -1.59. The van der Waals surface area contributed by atoms with E-state index in [2.05, 4.69) is 0 Å². The predicted molar refractivity (Wildman–Crippen MR) is 118 cm³/mol. The van der Waals surface area contributed by atoms with Crippen molar-refractivity contribution in [2.45, 2.75) is 0 Å². The molecule has 0 aromatic heterocycles. The third-order valence-corrected chi connectivity index (χ3v) is 4.70. The Bertz CT molecular complexity index is 861. The third-order valence-electron chi connectivity index (χ3n) is 3.62. The van der Waals surface area contributed by atoms with Crippen LogP contribution < -0.4 is 13.6 Å². The van der Waals surface area contributed by atoms with E-state index < -0.39 is 8.60 Å². The van der Waals surface area contributed by atoms with Gasteiger partial charge in [-0.15, -0.1) is 0 Å². The molecular weight excluding hydrogens is 399 g/mol. The molecule has 0 aliphatic heterocycles. The van der Waals surface area contributed by atoms with Gasteiger partial charge < -0.3 is 23.8 Å². The van der Waals surface area contributed by atoms with E-state index in [4.69, 9.17) is 23.8 Å². The molecule has 4 aromatic carbocycles. The smallest absolute Gasteiger partial charge is 0.508 e. The molecule has 0 atom stereocenters. The summed E-state index contributed by atoms with van der Waals surface area (Å²) in [5, 5.41) is 17.3.